The lowest BCUT2D eigenvalue weighted by Crippen LogP contribution is -2.27. The van der Waals surface area contributed by atoms with Crippen LogP contribution in [0, 0.1) is 11.7 Å². The molecule has 0 aliphatic heterocycles. The lowest BCUT2D eigenvalue weighted by atomic mass is 10.2. The van der Waals surface area contributed by atoms with Crippen molar-refractivity contribution in [3.8, 4) is 11.7 Å². The molecule has 0 saturated heterocycles. The number of nitrogens with zero attached hydrogens (tertiary/aromatic N) is 2. The number of esters is 1. The van der Waals surface area contributed by atoms with Crippen LogP contribution in [0.2, 0.25) is 0 Å². The molecule has 0 aliphatic rings. The molecular weight excluding hydrogens is 348 g/mol. The Morgan fingerprint density at radius 2 is 2.19 bits per heavy atom. The Labute approximate surface area is 161 Å². The Morgan fingerprint density at radius 3 is 2.85 bits per heavy atom. The highest BCUT2D eigenvalue weighted by Gasteiger charge is 2.04. The maximum absolute atomic E-state index is 11.6. The van der Waals surface area contributed by atoms with E-state index in [0.717, 1.165) is 30.6 Å². The first kappa shape index (κ1) is 23.8. The van der Waals surface area contributed by atoms with E-state index in [1.54, 1.807) is 18.6 Å². The Hall–Kier alpha value is -2.17. The number of carbonyl (C=O) groups excluding carboxylic acids is 1. The van der Waals surface area contributed by atoms with Crippen molar-refractivity contribution in [3.05, 3.63) is 42.0 Å². The van der Waals surface area contributed by atoms with Crippen molar-refractivity contribution < 1.29 is 9.53 Å². The molecule has 144 valence electrons. The van der Waals surface area contributed by atoms with E-state index < -0.39 is 0 Å². The van der Waals surface area contributed by atoms with Crippen molar-refractivity contribution in [3.63, 3.8) is 0 Å². The van der Waals surface area contributed by atoms with Crippen molar-refractivity contribution in [2.24, 2.45) is 11.6 Å². The number of terminal acetylenes is 1. The van der Waals surface area contributed by atoms with Gasteiger partial charge in [-0.05, 0) is 29.7 Å². The van der Waals surface area contributed by atoms with Gasteiger partial charge in [0, 0.05) is 30.8 Å². The highest BCUT2D eigenvalue weighted by Crippen LogP contribution is 2.07. The molecule has 6 nitrogen and oxygen atoms in total. The molecule has 0 spiro atoms. The predicted octanol–water partition coefficient (Wildman–Crippen LogP) is 3.01. The predicted molar refractivity (Wildman–Crippen MR) is 108 cm³/mol. The maximum atomic E-state index is 11.6. The molecule has 0 atom stereocenters. The van der Waals surface area contributed by atoms with Crippen LogP contribution in [-0.4, -0.2) is 28.3 Å². The summed E-state index contributed by atoms with van der Waals surface area (Å²) in [6, 6.07) is 3.75. The molecule has 1 heterocycles. The summed E-state index contributed by atoms with van der Waals surface area (Å²) in [7, 11) is 0. The van der Waals surface area contributed by atoms with Gasteiger partial charge >= 0.3 is 5.97 Å². The average Bonchev–Trinajstić information content (AvgIpc) is 2.65. The van der Waals surface area contributed by atoms with Gasteiger partial charge in [-0.3, -0.25) is 9.78 Å². The number of thioether (sulfide) groups is 1. The van der Waals surface area contributed by atoms with Gasteiger partial charge in [0.15, 0.2) is 0 Å². The van der Waals surface area contributed by atoms with E-state index >= 15 is 0 Å². The largest absolute Gasteiger partial charge is 0.459 e. The molecule has 26 heavy (non-hydrogen) atoms. The average molecular weight is 379 g/mol. The molecule has 0 unspecified atom stereocenters. The second kappa shape index (κ2) is 16.3. The Balaban J connectivity index is 0.00000301. The number of aromatic nitrogens is 1. The molecule has 4 N–H and O–H groups in total. The summed E-state index contributed by atoms with van der Waals surface area (Å²) in [5.41, 5.74) is 7.16. The molecule has 1 aromatic heterocycles. The molecule has 1 aromatic rings. The molecule has 0 bridgehead atoms. The quantitative estimate of drug-likeness (QED) is 0.201. The van der Waals surface area contributed by atoms with Crippen molar-refractivity contribution in [2.45, 2.75) is 46.1 Å². The van der Waals surface area contributed by atoms with E-state index in [1.807, 2.05) is 26.0 Å². The fourth-order valence-electron chi connectivity index (χ4n) is 1.91. The summed E-state index contributed by atoms with van der Waals surface area (Å²) in [5, 5.41) is 3.95. The molecule has 0 fully saturated rings. The van der Waals surface area contributed by atoms with Crippen LogP contribution in [0.1, 0.15) is 45.1 Å². The van der Waals surface area contributed by atoms with E-state index in [1.165, 1.54) is 16.8 Å². The van der Waals surface area contributed by atoms with Crippen molar-refractivity contribution in [2.75, 3.05) is 12.4 Å². The van der Waals surface area contributed by atoms with Gasteiger partial charge in [0.05, 0.1) is 12.2 Å². The van der Waals surface area contributed by atoms with Gasteiger partial charge < -0.3 is 15.5 Å². The minimum atomic E-state index is -0.258. The molecule has 7 heteroatoms. The highest BCUT2D eigenvalue weighted by atomic mass is 32.2. The third kappa shape index (κ3) is 13.2. The van der Waals surface area contributed by atoms with Crippen molar-refractivity contribution in [1.29, 1.82) is 0 Å². The van der Waals surface area contributed by atoms with Crippen molar-refractivity contribution >= 4 is 17.7 Å². The van der Waals surface area contributed by atoms with Gasteiger partial charge in [-0.25, -0.2) is 5.84 Å². The van der Waals surface area contributed by atoms with Crippen LogP contribution in [0.25, 0.3) is 0 Å². The minimum Gasteiger partial charge on any atom is -0.459 e. The Morgan fingerprint density at radius 1 is 1.42 bits per heavy atom. The number of ether oxygens (including phenoxy) is 1. The van der Waals surface area contributed by atoms with Crippen LogP contribution in [0.5, 0.6) is 0 Å². The SMILES string of the molecule is C#CSCCCCCC(=O)OC/C(N)=C/N(N)Cc1cccnc1.CC. The second-order valence-corrected chi connectivity index (χ2v) is 6.11. The normalized spacial score (nSPS) is 10.3. The monoisotopic (exact) mass is 378 g/mol. The number of nitrogens with two attached hydrogens (primary N) is 2. The highest BCUT2D eigenvalue weighted by molar-refractivity contribution is 8.03. The summed E-state index contributed by atoms with van der Waals surface area (Å²) in [6.07, 6.45) is 13.3. The van der Waals surface area contributed by atoms with E-state index in [4.69, 9.17) is 22.7 Å². The van der Waals surface area contributed by atoms with Crippen LogP contribution in [-0.2, 0) is 16.1 Å². The minimum absolute atomic E-state index is 0.0342. The van der Waals surface area contributed by atoms with Crippen LogP contribution < -0.4 is 11.6 Å². The van der Waals surface area contributed by atoms with E-state index in [2.05, 4.69) is 10.2 Å². The zero-order chi connectivity index (χ0) is 19.6. The summed E-state index contributed by atoms with van der Waals surface area (Å²) < 4.78 is 5.12. The summed E-state index contributed by atoms with van der Waals surface area (Å²) in [5.74, 6) is 6.51. The standard InChI is InChI=1S/C17H24N4O2S.C2H6/c1-2-24-10-5-3-4-8-17(22)23-14-16(18)13-21(19)12-15-7-6-9-20-11-15;1-2/h1,6-7,9,11,13H,3-5,8,10,12,14,18-19H2;1-2H3/b16-13-;. The van der Waals surface area contributed by atoms with Crippen LogP contribution in [0.15, 0.2) is 36.4 Å². The molecule has 1 rings (SSSR count). The zero-order valence-corrected chi connectivity index (χ0v) is 16.5. The smallest absolute Gasteiger partial charge is 0.306 e. The third-order valence-corrected chi connectivity index (χ3v) is 3.69. The van der Waals surface area contributed by atoms with E-state index in [0.29, 0.717) is 18.7 Å². The molecular formula is C19H30N4O2S. The van der Waals surface area contributed by atoms with Gasteiger partial charge in [-0.2, -0.15) is 0 Å². The first-order valence-corrected chi connectivity index (χ1v) is 9.70. The number of pyridine rings is 1. The van der Waals surface area contributed by atoms with E-state index in [9.17, 15) is 4.79 Å². The Kier molecular flexibility index (Phi) is 14.9. The number of hydrogen-bond acceptors (Lipinski definition) is 7. The van der Waals surface area contributed by atoms with Gasteiger partial charge in [0.25, 0.3) is 0 Å². The van der Waals surface area contributed by atoms with E-state index in [-0.39, 0.29) is 12.6 Å². The topological polar surface area (TPSA) is 94.5 Å². The van der Waals surface area contributed by atoms with Crippen LogP contribution in [0.4, 0.5) is 0 Å². The van der Waals surface area contributed by atoms with Gasteiger partial charge in [0.1, 0.15) is 6.61 Å². The van der Waals surface area contributed by atoms with Crippen molar-refractivity contribution in [1.82, 2.24) is 9.99 Å². The number of hydrazine groups is 1. The molecule has 0 radical (unpaired) electrons. The number of hydrogen-bond donors (Lipinski definition) is 2. The van der Waals surface area contributed by atoms with Crippen LogP contribution >= 0.6 is 11.8 Å². The van der Waals surface area contributed by atoms with Gasteiger partial charge in [0.2, 0.25) is 0 Å². The maximum Gasteiger partial charge on any atom is 0.306 e. The van der Waals surface area contributed by atoms with Crippen LogP contribution in [0.3, 0.4) is 0 Å². The second-order valence-electron chi connectivity index (χ2n) is 5.18. The number of rotatable bonds is 11. The zero-order valence-electron chi connectivity index (χ0n) is 15.7. The molecule has 0 aromatic carbocycles. The molecule has 0 aliphatic carbocycles. The number of unbranched alkanes of at least 4 members (excludes halogenated alkanes) is 2. The molecule has 0 amide bonds. The summed E-state index contributed by atoms with van der Waals surface area (Å²) in [6.45, 7) is 4.50. The fraction of sp³-hybridized carbons (Fsp3) is 0.474. The first-order chi connectivity index (χ1) is 12.6. The third-order valence-electron chi connectivity index (χ3n) is 3.03. The first-order valence-electron chi connectivity index (χ1n) is 8.71. The molecule has 0 saturated carbocycles. The van der Waals surface area contributed by atoms with Gasteiger partial charge in [-0.1, -0.05) is 38.1 Å². The van der Waals surface area contributed by atoms with Gasteiger partial charge in [-0.15, -0.1) is 6.42 Å². The Bertz CT molecular complexity index is 558. The summed E-state index contributed by atoms with van der Waals surface area (Å²) >= 11 is 1.45. The lowest BCUT2D eigenvalue weighted by Gasteiger charge is -2.15. The number of carbonyl (C=O) groups is 1. The summed E-state index contributed by atoms with van der Waals surface area (Å²) in [4.78, 5) is 15.6. The fourth-order valence-corrected chi connectivity index (χ4v) is 2.38. The lowest BCUT2D eigenvalue weighted by molar-refractivity contribution is -0.142.